The monoisotopic (exact) mass is 213 g/mol. The number of carbonyl (C=O) groups excluding carboxylic acids is 1. The lowest BCUT2D eigenvalue weighted by Gasteiger charge is -2.32. The minimum atomic E-state index is 0.0147. The van der Waals surface area contributed by atoms with Gasteiger partial charge in [0.15, 0.2) is 0 Å². The molecule has 0 bridgehead atoms. The van der Waals surface area contributed by atoms with Gasteiger partial charge in [0, 0.05) is 32.7 Å². The van der Waals surface area contributed by atoms with Crippen molar-refractivity contribution in [1.29, 1.82) is 0 Å². The fraction of sp³-hybridized carbons (Fsp3) is 0.909. The zero-order valence-electron chi connectivity index (χ0n) is 10.3. The largest absolute Gasteiger partial charge is 0.344 e. The molecule has 1 heterocycles. The molecule has 1 fully saturated rings. The van der Waals surface area contributed by atoms with Crippen LogP contribution in [0.3, 0.4) is 0 Å². The van der Waals surface area contributed by atoms with Gasteiger partial charge in [-0.05, 0) is 27.3 Å². The highest BCUT2D eigenvalue weighted by atomic mass is 16.2. The Balaban J connectivity index is 2.67. The van der Waals surface area contributed by atoms with E-state index in [2.05, 4.69) is 17.1 Å². The Kier molecular flexibility index (Phi) is 4.54. The van der Waals surface area contributed by atoms with Crippen LogP contribution < -0.4 is 5.32 Å². The van der Waals surface area contributed by atoms with Crippen LogP contribution in [0.4, 0.5) is 0 Å². The Morgan fingerprint density at radius 3 is 2.80 bits per heavy atom. The summed E-state index contributed by atoms with van der Waals surface area (Å²) >= 11 is 0. The van der Waals surface area contributed by atoms with E-state index in [4.69, 9.17) is 0 Å². The summed E-state index contributed by atoms with van der Waals surface area (Å²) in [5.74, 6) is 0.246. The first kappa shape index (κ1) is 12.5. The van der Waals surface area contributed by atoms with E-state index in [1.807, 2.05) is 25.9 Å². The molecule has 1 aliphatic heterocycles. The van der Waals surface area contributed by atoms with E-state index in [0.717, 1.165) is 26.1 Å². The van der Waals surface area contributed by atoms with Crippen molar-refractivity contribution in [1.82, 2.24) is 15.1 Å². The maximum absolute atomic E-state index is 11.9. The second kappa shape index (κ2) is 5.47. The smallest absolute Gasteiger partial charge is 0.239 e. The van der Waals surface area contributed by atoms with Crippen LogP contribution in [0.25, 0.3) is 0 Å². The third-order valence-corrected chi connectivity index (χ3v) is 3.21. The average molecular weight is 213 g/mol. The molecular weight excluding hydrogens is 190 g/mol. The lowest BCUT2D eigenvalue weighted by molar-refractivity contribution is -0.134. The van der Waals surface area contributed by atoms with Crippen LogP contribution >= 0.6 is 0 Å². The summed E-state index contributed by atoms with van der Waals surface area (Å²) in [6, 6.07) is 0.432. The van der Waals surface area contributed by atoms with Gasteiger partial charge in [-0.1, -0.05) is 0 Å². The molecule has 15 heavy (non-hydrogen) atoms. The highest BCUT2D eigenvalue weighted by molar-refractivity contribution is 5.81. The predicted molar refractivity (Wildman–Crippen MR) is 61.8 cm³/mol. The Hall–Kier alpha value is -0.610. The van der Waals surface area contributed by atoms with Gasteiger partial charge in [0.1, 0.15) is 0 Å². The summed E-state index contributed by atoms with van der Waals surface area (Å²) in [4.78, 5) is 16.1. The van der Waals surface area contributed by atoms with Gasteiger partial charge in [-0.2, -0.15) is 0 Å². The number of nitrogens with zero attached hydrogens (tertiary/aromatic N) is 2. The second-order valence-corrected chi connectivity index (χ2v) is 4.43. The minimum absolute atomic E-state index is 0.0147. The molecule has 1 N–H and O–H groups in total. The van der Waals surface area contributed by atoms with E-state index in [9.17, 15) is 4.79 Å². The Labute approximate surface area is 92.6 Å². The molecule has 0 aliphatic carbocycles. The van der Waals surface area contributed by atoms with Gasteiger partial charge in [0.2, 0.25) is 5.91 Å². The first-order valence-electron chi connectivity index (χ1n) is 5.73. The van der Waals surface area contributed by atoms with Gasteiger partial charge in [-0.15, -0.1) is 0 Å². The van der Waals surface area contributed by atoms with E-state index in [1.54, 1.807) is 0 Å². The third kappa shape index (κ3) is 2.92. The molecule has 4 nitrogen and oxygen atoms in total. The van der Waals surface area contributed by atoms with Crippen LogP contribution in [0.5, 0.6) is 0 Å². The zero-order chi connectivity index (χ0) is 11.4. The van der Waals surface area contributed by atoms with Gasteiger partial charge in [0.25, 0.3) is 0 Å². The predicted octanol–water partition coefficient (Wildman–Crippen LogP) is 0.147. The number of hydrogen-bond acceptors (Lipinski definition) is 3. The van der Waals surface area contributed by atoms with Crippen LogP contribution in [0, 0.1) is 0 Å². The second-order valence-electron chi connectivity index (χ2n) is 4.43. The van der Waals surface area contributed by atoms with Crippen molar-refractivity contribution in [2.45, 2.75) is 32.4 Å². The molecule has 1 rings (SSSR count). The number of likely N-dealkylation sites (N-methyl/N-ethyl adjacent to an activating group) is 2. The molecule has 1 aliphatic rings. The summed E-state index contributed by atoms with van der Waals surface area (Å²) in [6.07, 6.45) is 1.07. The first-order chi connectivity index (χ1) is 7.07. The van der Waals surface area contributed by atoms with E-state index < -0.39 is 0 Å². The third-order valence-electron chi connectivity index (χ3n) is 3.21. The van der Waals surface area contributed by atoms with Gasteiger partial charge in [-0.25, -0.2) is 0 Å². The van der Waals surface area contributed by atoms with Crippen LogP contribution in [0.15, 0.2) is 0 Å². The topological polar surface area (TPSA) is 35.6 Å². The Morgan fingerprint density at radius 1 is 1.53 bits per heavy atom. The molecule has 1 saturated heterocycles. The standard InChI is InChI=1S/C11H23N3O/c1-9(8-12-3)14-7-5-6-13(4)11(15)10(14)2/h9-10,12H,5-8H2,1-4H3. The van der Waals surface area contributed by atoms with Crippen molar-refractivity contribution in [2.75, 3.05) is 33.7 Å². The molecule has 0 aromatic heterocycles. The van der Waals surface area contributed by atoms with E-state index >= 15 is 0 Å². The summed E-state index contributed by atoms with van der Waals surface area (Å²) in [5, 5.41) is 3.17. The van der Waals surface area contributed by atoms with Crippen LogP contribution in [-0.4, -0.2) is 61.5 Å². The molecule has 1 amide bonds. The van der Waals surface area contributed by atoms with Crippen molar-refractivity contribution in [3.8, 4) is 0 Å². The molecule has 2 atom stereocenters. The molecule has 2 unspecified atom stereocenters. The van der Waals surface area contributed by atoms with E-state index in [-0.39, 0.29) is 11.9 Å². The number of carbonyl (C=O) groups is 1. The highest BCUT2D eigenvalue weighted by Crippen LogP contribution is 2.13. The van der Waals surface area contributed by atoms with Gasteiger partial charge in [0.05, 0.1) is 6.04 Å². The van der Waals surface area contributed by atoms with Crippen molar-refractivity contribution in [3.05, 3.63) is 0 Å². The Morgan fingerprint density at radius 2 is 2.20 bits per heavy atom. The van der Waals surface area contributed by atoms with E-state index in [0.29, 0.717) is 6.04 Å². The quantitative estimate of drug-likeness (QED) is 0.725. The van der Waals surface area contributed by atoms with Crippen LogP contribution in [-0.2, 0) is 4.79 Å². The zero-order valence-corrected chi connectivity index (χ0v) is 10.3. The van der Waals surface area contributed by atoms with Crippen molar-refractivity contribution < 1.29 is 4.79 Å². The molecule has 88 valence electrons. The van der Waals surface area contributed by atoms with Crippen molar-refractivity contribution in [3.63, 3.8) is 0 Å². The maximum atomic E-state index is 11.9. The first-order valence-corrected chi connectivity index (χ1v) is 5.73. The van der Waals surface area contributed by atoms with Crippen molar-refractivity contribution in [2.24, 2.45) is 0 Å². The summed E-state index contributed by atoms with van der Waals surface area (Å²) < 4.78 is 0. The average Bonchev–Trinajstić information content (AvgIpc) is 2.32. The summed E-state index contributed by atoms with van der Waals surface area (Å²) in [7, 11) is 3.85. The molecule has 0 saturated carbocycles. The summed E-state index contributed by atoms with van der Waals surface area (Å²) in [5.41, 5.74) is 0. The highest BCUT2D eigenvalue weighted by Gasteiger charge is 2.29. The Bertz CT molecular complexity index is 220. The molecule has 0 spiro atoms. The lowest BCUT2D eigenvalue weighted by atomic mass is 10.2. The fourth-order valence-electron chi connectivity index (χ4n) is 2.27. The van der Waals surface area contributed by atoms with Gasteiger partial charge in [-0.3, -0.25) is 9.69 Å². The number of nitrogens with one attached hydrogen (secondary N) is 1. The molecule has 0 radical (unpaired) electrons. The number of hydrogen-bond donors (Lipinski definition) is 1. The van der Waals surface area contributed by atoms with Gasteiger partial charge < -0.3 is 10.2 Å². The van der Waals surface area contributed by atoms with E-state index in [1.165, 1.54) is 0 Å². The lowest BCUT2D eigenvalue weighted by Crippen LogP contribution is -2.49. The molecule has 0 aromatic rings. The minimum Gasteiger partial charge on any atom is -0.344 e. The maximum Gasteiger partial charge on any atom is 0.239 e. The molecule has 4 heteroatoms. The van der Waals surface area contributed by atoms with Crippen LogP contribution in [0.2, 0.25) is 0 Å². The van der Waals surface area contributed by atoms with Gasteiger partial charge >= 0.3 is 0 Å². The van der Waals surface area contributed by atoms with Crippen molar-refractivity contribution >= 4 is 5.91 Å². The number of amides is 1. The fourth-order valence-corrected chi connectivity index (χ4v) is 2.27. The van der Waals surface area contributed by atoms with Crippen LogP contribution in [0.1, 0.15) is 20.3 Å². The SMILES string of the molecule is CNCC(C)N1CCCN(C)C(=O)C1C. The summed E-state index contributed by atoms with van der Waals surface area (Å²) in [6.45, 7) is 7.01. The molecule has 0 aromatic carbocycles. The number of rotatable bonds is 3. The molecular formula is C11H23N3O. The normalized spacial score (nSPS) is 26.5.